The predicted octanol–water partition coefficient (Wildman–Crippen LogP) is -2.13. The Bertz CT molecular complexity index is 86.1. The Balaban J connectivity index is 2.36. The molecule has 0 aromatic rings. The summed E-state index contributed by atoms with van der Waals surface area (Å²) in [6, 6.07) is 0. The molecule has 1 aliphatic rings. The molecule has 0 aromatic carbocycles. The maximum Gasteiger partial charge on any atom is 0.153 e. The van der Waals surface area contributed by atoms with Crippen LogP contribution in [0.5, 0.6) is 0 Å². The SMILES string of the molecule is NCC1=NNNN1. The number of amidine groups is 1. The van der Waals surface area contributed by atoms with Gasteiger partial charge in [0.2, 0.25) is 0 Å². The molecule has 0 aliphatic carbocycles. The van der Waals surface area contributed by atoms with E-state index in [-0.39, 0.29) is 0 Å². The van der Waals surface area contributed by atoms with Crippen molar-refractivity contribution in [3.05, 3.63) is 0 Å². The fraction of sp³-hybridized carbons (Fsp3) is 0.500. The molecule has 40 valence electrons. The van der Waals surface area contributed by atoms with E-state index in [9.17, 15) is 0 Å². The molecule has 5 N–H and O–H groups in total. The molecule has 0 spiro atoms. The largest absolute Gasteiger partial charge is 0.324 e. The first kappa shape index (κ1) is 4.35. The topological polar surface area (TPSA) is 74.5 Å². The number of hydrogen-bond donors (Lipinski definition) is 4. The quantitative estimate of drug-likeness (QED) is 0.304. The number of nitrogens with two attached hydrogens (primary N) is 1. The molecule has 1 aliphatic heterocycles. The van der Waals surface area contributed by atoms with E-state index < -0.39 is 0 Å². The van der Waals surface area contributed by atoms with Gasteiger partial charge in [-0.05, 0) is 0 Å². The highest BCUT2D eigenvalue weighted by molar-refractivity contribution is 5.83. The lowest BCUT2D eigenvalue weighted by Gasteiger charge is -1.90. The minimum Gasteiger partial charge on any atom is -0.324 e. The van der Waals surface area contributed by atoms with E-state index in [1.165, 1.54) is 0 Å². The van der Waals surface area contributed by atoms with Crippen LogP contribution in [0, 0.1) is 0 Å². The van der Waals surface area contributed by atoms with Crippen molar-refractivity contribution in [2.24, 2.45) is 10.8 Å². The van der Waals surface area contributed by atoms with Gasteiger partial charge in [0.1, 0.15) is 0 Å². The van der Waals surface area contributed by atoms with Gasteiger partial charge in [-0.25, -0.2) is 5.53 Å². The maximum atomic E-state index is 5.16. The average molecular weight is 101 g/mol. The number of nitrogens with zero attached hydrogens (tertiary/aromatic N) is 1. The molecule has 0 saturated heterocycles. The molecule has 1 heterocycles. The van der Waals surface area contributed by atoms with Crippen LogP contribution in [-0.4, -0.2) is 12.4 Å². The van der Waals surface area contributed by atoms with E-state index in [1.807, 2.05) is 0 Å². The summed E-state index contributed by atoms with van der Waals surface area (Å²) in [5.41, 5.74) is 12.8. The number of hydrogen-bond acceptors (Lipinski definition) is 5. The molecular formula is C2H7N5. The van der Waals surface area contributed by atoms with E-state index in [4.69, 9.17) is 5.73 Å². The van der Waals surface area contributed by atoms with E-state index in [2.05, 4.69) is 21.6 Å². The fourth-order valence-electron chi connectivity index (χ4n) is 0.320. The number of nitrogens with one attached hydrogen (secondary N) is 3. The summed E-state index contributed by atoms with van der Waals surface area (Å²) in [5, 5.41) is 3.67. The number of hydrazone groups is 1. The van der Waals surface area contributed by atoms with Gasteiger partial charge >= 0.3 is 0 Å². The minimum atomic E-state index is 0.431. The van der Waals surface area contributed by atoms with Gasteiger partial charge in [-0.15, -0.1) is 10.6 Å². The molecule has 0 bridgehead atoms. The van der Waals surface area contributed by atoms with Gasteiger partial charge in [-0.1, -0.05) is 0 Å². The summed E-state index contributed by atoms with van der Waals surface area (Å²) in [6.07, 6.45) is 0. The summed E-state index contributed by atoms with van der Waals surface area (Å²) in [6.45, 7) is 0.431. The third kappa shape index (κ3) is 0.787. The molecule has 0 atom stereocenters. The Morgan fingerprint density at radius 3 is 2.86 bits per heavy atom. The van der Waals surface area contributed by atoms with Crippen LogP contribution < -0.4 is 22.2 Å². The smallest absolute Gasteiger partial charge is 0.153 e. The van der Waals surface area contributed by atoms with Crippen molar-refractivity contribution in [3.8, 4) is 0 Å². The van der Waals surface area contributed by atoms with Crippen LogP contribution in [0.15, 0.2) is 5.10 Å². The van der Waals surface area contributed by atoms with Crippen molar-refractivity contribution in [2.75, 3.05) is 6.54 Å². The lowest BCUT2D eigenvalue weighted by molar-refractivity contribution is 0.576. The van der Waals surface area contributed by atoms with Crippen molar-refractivity contribution < 1.29 is 0 Å². The predicted molar refractivity (Wildman–Crippen MR) is 25.9 cm³/mol. The molecule has 1 rings (SSSR count). The summed E-state index contributed by atoms with van der Waals surface area (Å²) < 4.78 is 0. The zero-order chi connectivity index (χ0) is 5.11. The second-order valence-electron chi connectivity index (χ2n) is 1.12. The Morgan fingerprint density at radius 1 is 1.71 bits per heavy atom. The van der Waals surface area contributed by atoms with Crippen molar-refractivity contribution in [1.29, 1.82) is 0 Å². The average Bonchev–Trinajstić information content (AvgIpc) is 2.14. The first-order valence-corrected chi connectivity index (χ1v) is 1.96. The first-order valence-electron chi connectivity index (χ1n) is 1.96. The number of hydrazine groups is 2. The van der Waals surface area contributed by atoms with Crippen LogP contribution in [0.1, 0.15) is 0 Å². The summed E-state index contributed by atoms with van der Waals surface area (Å²) in [5.74, 6) is 0.722. The highest BCUT2D eigenvalue weighted by Crippen LogP contribution is 1.66. The second-order valence-corrected chi connectivity index (χ2v) is 1.12. The van der Waals surface area contributed by atoms with Gasteiger partial charge in [0, 0.05) is 0 Å². The molecule has 0 fully saturated rings. The fourth-order valence-corrected chi connectivity index (χ4v) is 0.320. The minimum absolute atomic E-state index is 0.431. The monoisotopic (exact) mass is 101 g/mol. The molecule has 5 nitrogen and oxygen atoms in total. The van der Waals surface area contributed by atoms with Crippen molar-refractivity contribution >= 4 is 5.84 Å². The molecule has 0 radical (unpaired) electrons. The van der Waals surface area contributed by atoms with Crippen LogP contribution >= 0.6 is 0 Å². The molecular weight excluding hydrogens is 94.1 g/mol. The highest BCUT2D eigenvalue weighted by atomic mass is 15.8. The van der Waals surface area contributed by atoms with E-state index >= 15 is 0 Å². The van der Waals surface area contributed by atoms with Gasteiger partial charge in [0.25, 0.3) is 0 Å². The second kappa shape index (κ2) is 1.76. The van der Waals surface area contributed by atoms with Gasteiger partial charge in [-0.3, -0.25) is 5.43 Å². The maximum absolute atomic E-state index is 5.16. The zero-order valence-electron chi connectivity index (χ0n) is 3.73. The van der Waals surface area contributed by atoms with Gasteiger partial charge in [-0.2, -0.15) is 0 Å². The van der Waals surface area contributed by atoms with Crippen LogP contribution in [0.4, 0.5) is 0 Å². The Hall–Kier alpha value is -0.810. The Labute approximate surface area is 40.9 Å². The van der Waals surface area contributed by atoms with Gasteiger partial charge in [0.15, 0.2) is 5.84 Å². The van der Waals surface area contributed by atoms with E-state index in [1.54, 1.807) is 0 Å². The van der Waals surface area contributed by atoms with Crippen molar-refractivity contribution in [2.45, 2.75) is 0 Å². The highest BCUT2D eigenvalue weighted by Gasteiger charge is 1.97. The molecule has 0 saturated carbocycles. The van der Waals surface area contributed by atoms with Crippen LogP contribution in [0.2, 0.25) is 0 Å². The third-order valence-electron chi connectivity index (χ3n) is 0.647. The summed E-state index contributed by atoms with van der Waals surface area (Å²) in [4.78, 5) is 0. The van der Waals surface area contributed by atoms with Crippen LogP contribution in [0.3, 0.4) is 0 Å². The summed E-state index contributed by atoms with van der Waals surface area (Å²) in [7, 11) is 0. The lowest BCUT2D eigenvalue weighted by atomic mass is 10.6. The molecule has 7 heavy (non-hydrogen) atoms. The van der Waals surface area contributed by atoms with Gasteiger partial charge in [0.05, 0.1) is 6.54 Å². The molecule has 0 aromatic heterocycles. The normalized spacial score (nSPS) is 17.6. The Kier molecular flexibility index (Phi) is 1.10. The lowest BCUT2D eigenvalue weighted by Crippen LogP contribution is -2.37. The van der Waals surface area contributed by atoms with E-state index in [0.717, 1.165) is 5.84 Å². The Morgan fingerprint density at radius 2 is 2.57 bits per heavy atom. The number of rotatable bonds is 1. The van der Waals surface area contributed by atoms with Crippen molar-refractivity contribution in [3.63, 3.8) is 0 Å². The van der Waals surface area contributed by atoms with E-state index in [0.29, 0.717) is 6.54 Å². The standard InChI is InChI=1S/C2H7N5/c3-1-2-4-6-7-5-2/h6-7H,1,3H2,(H,4,5). The summed E-state index contributed by atoms with van der Waals surface area (Å²) >= 11 is 0. The van der Waals surface area contributed by atoms with Crippen LogP contribution in [-0.2, 0) is 0 Å². The van der Waals surface area contributed by atoms with Gasteiger partial charge < -0.3 is 5.73 Å². The third-order valence-corrected chi connectivity index (χ3v) is 0.647. The van der Waals surface area contributed by atoms with Crippen molar-refractivity contribution in [1.82, 2.24) is 16.5 Å². The zero-order valence-corrected chi connectivity index (χ0v) is 3.73. The molecule has 0 unspecified atom stereocenters. The molecule has 5 heteroatoms. The molecule has 0 amide bonds. The first-order chi connectivity index (χ1) is 3.43. The van der Waals surface area contributed by atoms with Crippen LogP contribution in [0.25, 0.3) is 0 Å².